The highest BCUT2D eigenvalue weighted by atomic mass is 19.1. The largest absolute Gasteiger partial charge is 0.384 e. The van der Waals surface area contributed by atoms with Crippen LogP contribution in [0.25, 0.3) is 22.2 Å². The number of likely N-dealkylation sites (N-methyl/N-ethyl adjacent to an activating group) is 1. The molecular weight excluding hydrogens is 433 g/mol. The van der Waals surface area contributed by atoms with Gasteiger partial charge in [0, 0.05) is 37.3 Å². The van der Waals surface area contributed by atoms with Gasteiger partial charge in [-0.05, 0) is 43.4 Å². The van der Waals surface area contributed by atoms with E-state index in [1.807, 2.05) is 0 Å². The minimum atomic E-state index is -1.81. The van der Waals surface area contributed by atoms with Crippen molar-refractivity contribution in [2.45, 2.75) is 19.4 Å². The normalized spacial score (nSPS) is 23.5. The molecular formula is C24H27F3N4O2. The Morgan fingerprint density at radius 3 is 2.36 bits per heavy atom. The molecule has 1 saturated heterocycles. The number of fused-ring (bicyclic) bond motifs is 1. The van der Waals surface area contributed by atoms with Crippen molar-refractivity contribution in [2.75, 3.05) is 33.7 Å². The van der Waals surface area contributed by atoms with E-state index in [0.717, 1.165) is 18.3 Å². The van der Waals surface area contributed by atoms with E-state index in [2.05, 4.69) is 9.97 Å². The van der Waals surface area contributed by atoms with E-state index in [1.165, 1.54) is 12.3 Å². The fourth-order valence-corrected chi connectivity index (χ4v) is 4.94. The summed E-state index contributed by atoms with van der Waals surface area (Å²) in [6.07, 6.45) is 2.56. The van der Waals surface area contributed by atoms with Crippen molar-refractivity contribution < 1.29 is 23.1 Å². The lowest BCUT2D eigenvalue weighted by molar-refractivity contribution is -0.150. The SMILES string of the molecule is C[C@@H]1CN(C(=O)CN(C)C)C[C@H](C)C1(O)c1c(F)cc(-c2ccnc3[nH]cc(F)c23)cc1F. The Labute approximate surface area is 190 Å². The summed E-state index contributed by atoms with van der Waals surface area (Å²) < 4.78 is 45.1. The summed E-state index contributed by atoms with van der Waals surface area (Å²) in [5.74, 6) is -3.74. The number of aromatic amines is 1. The predicted molar refractivity (Wildman–Crippen MR) is 119 cm³/mol. The molecule has 1 unspecified atom stereocenters. The molecule has 0 radical (unpaired) electrons. The molecule has 3 aromatic rings. The van der Waals surface area contributed by atoms with E-state index in [4.69, 9.17) is 0 Å². The molecule has 3 atom stereocenters. The van der Waals surface area contributed by atoms with Crippen molar-refractivity contribution in [3.05, 3.63) is 53.6 Å². The monoisotopic (exact) mass is 460 g/mol. The number of aliphatic hydroxyl groups is 1. The van der Waals surface area contributed by atoms with E-state index in [-0.39, 0.29) is 42.1 Å². The number of likely N-dealkylation sites (tertiary alicyclic amines) is 1. The number of halogens is 3. The summed E-state index contributed by atoms with van der Waals surface area (Å²) in [5.41, 5.74) is -1.53. The van der Waals surface area contributed by atoms with Gasteiger partial charge in [-0.2, -0.15) is 0 Å². The van der Waals surface area contributed by atoms with E-state index >= 15 is 8.78 Å². The van der Waals surface area contributed by atoms with Gasteiger partial charge >= 0.3 is 0 Å². The van der Waals surface area contributed by atoms with Gasteiger partial charge in [0.05, 0.1) is 17.5 Å². The molecule has 0 spiro atoms. The number of nitrogens with zero attached hydrogens (tertiary/aromatic N) is 3. The summed E-state index contributed by atoms with van der Waals surface area (Å²) in [6.45, 7) is 3.92. The number of piperidine rings is 1. The van der Waals surface area contributed by atoms with Crippen molar-refractivity contribution in [1.82, 2.24) is 19.8 Å². The summed E-state index contributed by atoms with van der Waals surface area (Å²) in [4.78, 5) is 22.6. The zero-order valence-corrected chi connectivity index (χ0v) is 19.0. The van der Waals surface area contributed by atoms with Crippen LogP contribution in [0.15, 0.2) is 30.6 Å². The van der Waals surface area contributed by atoms with Gasteiger partial charge in [0.1, 0.15) is 22.9 Å². The quantitative estimate of drug-likeness (QED) is 0.625. The van der Waals surface area contributed by atoms with Gasteiger partial charge in [-0.3, -0.25) is 4.79 Å². The maximum Gasteiger partial charge on any atom is 0.236 e. The summed E-state index contributed by atoms with van der Waals surface area (Å²) in [5, 5.41) is 11.7. The zero-order valence-electron chi connectivity index (χ0n) is 19.0. The van der Waals surface area contributed by atoms with Crippen molar-refractivity contribution in [1.29, 1.82) is 0 Å². The number of aromatic nitrogens is 2. The Hall–Kier alpha value is -2.91. The molecule has 0 bridgehead atoms. The number of pyridine rings is 1. The van der Waals surface area contributed by atoms with E-state index in [0.29, 0.717) is 5.56 Å². The number of rotatable bonds is 4. The molecule has 2 N–H and O–H groups in total. The van der Waals surface area contributed by atoms with Gasteiger partial charge in [0.2, 0.25) is 5.91 Å². The Kier molecular flexibility index (Phi) is 5.96. The molecule has 1 aliphatic heterocycles. The number of benzene rings is 1. The highest BCUT2D eigenvalue weighted by Gasteiger charge is 2.49. The third-order valence-electron chi connectivity index (χ3n) is 6.57. The van der Waals surface area contributed by atoms with E-state index in [1.54, 1.807) is 37.7 Å². The molecule has 9 heteroatoms. The minimum Gasteiger partial charge on any atom is -0.384 e. The molecule has 1 aliphatic rings. The third-order valence-corrected chi connectivity index (χ3v) is 6.57. The van der Waals surface area contributed by atoms with Crippen molar-refractivity contribution in [3.63, 3.8) is 0 Å². The molecule has 1 fully saturated rings. The maximum atomic E-state index is 15.4. The van der Waals surface area contributed by atoms with Gasteiger partial charge in [0.25, 0.3) is 0 Å². The molecule has 0 aliphatic carbocycles. The van der Waals surface area contributed by atoms with E-state index in [9.17, 15) is 14.3 Å². The summed E-state index contributed by atoms with van der Waals surface area (Å²) in [6, 6.07) is 3.71. The Balaban J connectivity index is 1.73. The smallest absolute Gasteiger partial charge is 0.236 e. The summed E-state index contributed by atoms with van der Waals surface area (Å²) in [7, 11) is 3.57. The van der Waals surface area contributed by atoms with Gasteiger partial charge in [0.15, 0.2) is 5.82 Å². The number of carbonyl (C=O) groups excluding carboxylic acids is 1. The van der Waals surface area contributed by atoms with Crippen LogP contribution in [0, 0.1) is 29.3 Å². The van der Waals surface area contributed by atoms with Gasteiger partial charge < -0.3 is 19.9 Å². The second kappa shape index (κ2) is 8.46. The van der Waals surface area contributed by atoms with Crippen LogP contribution in [-0.4, -0.2) is 64.5 Å². The standard InChI is InChI=1S/C24H27F3N4O2/c1-13-10-31(20(32)12-30(3)4)11-14(2)24(13,33)22-17(25)7-15(8-18(22)26)16-5-6-28-23-21(16)19(27)9-29-23/h5-9,13-14,33H,10-12H2,1-4H3,(H,28,29)/t13-,14+,24?. The Morgan fingerprint density at radius 1 is 1.18 bits per heavy atom. The molecule has 4 rings (SSSR count). The fraction of sp³-hybridized carbons (Fsp3) is 0.417. The second-order valence-corrected chi connectivity index (χ2v) is 9.20. The number of amides is 1. The Morgan fingerprint density at radius 2 is 1.79 bits per heavy atom. The van der Waals surface area contributed by atoms with Crippen LogP contribution in [0.1, 0.15) is 19.4 Å². The first-order valence-electron chi connectivity index (χ1n) is 10.8. The first-order chi connectivity index (χ1) is 15.5. The van der Waals surface area contributed by atoms with Gasteiger partial charge in [-0.1, -0.05) is 13.8 Å². The minimum absolute atomic E-state index is 0.104. The molecule has 176 valence electrons. The molecule has 6 nitrogen and oxygen atoms in total. The second-order valence-electron chi connectivity index (χ2n) is 9.20. The van der Waals surface area contributed by atoms with Crippen LogP contribution in [0.4, 0.5) is 13.2 Å². The highest BCUT2D eigenvalue weighted by molar-refractivity contribution is 5.93. The number of hydrogen-bond donors (Lipinski definition) is 2. The molecule has 1 amide bonds. The zero-order chi connectivity index (χ0) is 24.1. The summed E-state index contributed by atoms with van der Waals surface area (Å²) >= 11 is 0. The first-order valence-corrected chi connectivity index (χ1v) is 10.8. The van der Waals surface area contributed by atoms with Crippen LogP contribution in [0.2, 0.25) is 0 Å². The van der Waals surface area contributed by atoms with Crippen LogP contribution in [-0.2, 0) is 10.4 Å². The Bertz CT molecular complexity index is 1170. The molecule has 2 aromatic heterocycles. The van der Waals surface area contributed by atoms with Crippen molar-refractivity contribution in [2.24, 2.45) is 11.8 Å². The molecule has 0 saturated carbocycles. The average molecular weight is 461 g/mol. The lowest BCUT2D eigenvalue weighted by Crippen LogP contribution is -2.57. The molecule has 1 aromatic carbocycles. The van der Waals surface area contributed by atoms with Crippen molar-refractivity contribution in [3.8, 4) is 11.1 Å². The lowest BCUT2D eigenvalue weighted by Gasteiger charge is -2.48. The lowest BCUT2D eigenvalue weighted by atomic mass is 9.70. The predicted octanol–water partition coefficient (Wildman–Crippen LogP) is 3.51. The highest BCUT2D eigenvalue weighted by Crippen LogP contribution is 2.44. The van der Waals surface area contributed by atoms with Gasteiger partial charge in [-0.15, -0.1) is 0 Å². The third kappa shape index (κ3) is 3.89. The van der Waals surface area contributed by atoms with E-state index < -0.39 is 40.5 Å². The van der Waals surface area contributed by atoms with Crippen LogP contribution in [0.5, 0.6) is 0 Å². The number of H-pyrrole nitrogens is 1. The number of hydrogen-bond acceptors (Lipinski definition) is 4. The number of carbonyl (C=O) groups is 1. The van der Waals surface area contributed by atoms with Crippen LogP contribution < -0.4 is 0 Å². The topological polar surface area (TPSA) is 72.5 Å². The first kappa shape index (κ1) is 23.3. The number of nitrogens with one attached hydrogen (secondary N) is 1. The van der Waals surface area contributed by atoms with Crippen molar-refractivity contribution >= 4 is 16.9 Å². The van der Waals surface area contributed by atoms with Gasteiger partial charge in [-0.25, -0.2) is 18.2 Å². The van der Waals surface area contributed by atoms with Crippen LogP contribution >= 0.6 is 0 Å². The molecule has 33 heavy (non-hydrogen) atoms. The molecule has 3 heterocycles. The maximum absolute atomic E-state index is 15.4. The van der Waals surface area contributed by atoms with Crippen LogP contribution in [0.3, 0.4) is 0 Å². The fourth-order valence-electron chi connectivity index (χ4n) is 4.94. The average Bonchev–Trinajstić information content (AvgIpc) is 3.12.